The molecule has 8 heteroatoms. The van der Waals surface area contributed by atoms with Crippen LogP contribution in [-0.2, 0) is 36.7 Å². The number of nitrogens with zero attached hydrogens (tertiary/aromatic N) is 2. The van der Waals surface area contributed by atoms with E-state index in [-0.39, 0.29) is 47.9 Å². The fourth-order valence-electron chi connectivity index (χ4n) is 5.76. The molecule has 2 aromatic carbocycles. The molecular formula is C44H59IrN2O3S2-. The number of aliphatic hydroxyl groups excluding tert-OH is 1. The van der Waals surface area contributed by atoms with Gasteiger partial charge in [0.2, 0.25) is 5.88 Å². The van der Waals surface area contributed by atoms with Crippen LogP contribution in [0, 0.1) is 29.7 Å². The first-order chi connectivity index (χ1) is 24.0. The van der Waals surface area contributed by atoms with Gasteiger partial charge >= 0.3 is 0 Å². The monoisotopic (exact) mass is 920 g/mol. The van der Waals surface area contributed by atoms with Gasteiger partial charge < -0.3 is 9.52 Å². The Morgan fingerprint density at radius 3 is 2.23 bits per heavy atom. The van der Waals surface area contributed by atoms with Gasteiger partial charge in [0.15, 0.2) is 5.78 Å². The van der Waals surface area contributed by atoms with Gasteiger partial charge in [-0.05, 0) is 79.7 Å². The Morgan fingerprint density at radius 1 is 1.04 bits per heavy atom. The molecule has 1 radical (unpaired) electrons. The van der Waals surface area contributed by atoms with Gasteiger partial charge in [0.25, 0.3) is 0 Å². The van der Waals surface area contributed by atoms with Crippen molar-refractivity contribution >= 4 is 68.4 Å². The van der Waals surface area contributed by atoms with Gasteiger partial charge in [-0.25, -0.2) is 4.99 Å². The first-order valence-electron chi connectivity index (χ1n) is 18.3. The first kappa shape index (κ1) is 45.4. The molecule has 0 fully saturated rings. The van der Waals surface area contributed by atoms with Crippen molar-refractivity contribution < 1.29 is 34.4 Å². The minimum Gasteiger partial charge on any atom is -0.512 e. The number of aliphatic hydroxyl groups is 1. The number of benzene rings is 2. The molecule has 5 nitrogen and oxygen atoms in total. The second-order valence-corrected chi connectivity index (χ2v) is 17.5. The van der Waals surface area contributed by atoms with Crippen molar-refractivity contribution in [1.29, 1.82) is 0 Å². The molecule has 0 aliphatic carbocycles. The van der Waals surface area contributed by atoms with E-state index in [4.69, 9.17) is 4.42 Å². The third kappa shape index (κ3) is 11.1. The van der Waals surface area contributed by atoms with E-state index in [1.165, 1.54) is 43.4 Å². The molecule has 0 spiro atoms. The summed E-state index contributed by atoms with van der Waals surface area (Å²) < 4.78 is 7.30. The predicted molar refractivity (Wildman–Crippen MR) is 224 cm³/mol. The average Bonchev–Trinajstić information content (AvgIpc) is 3.65. The van der Waals surface area contributed by atoms with Crippen LogP contribution in [0.1, 0.15) is 123 Å². The zero-order chi connectivity index (χ0) is 38.1. The third-order valence-corrected chi connectivity index (χ3v) is 12.3. The number of carbonyl (C=O) groups excluding carboxylic acids is 1. The SMILES string of the molecule is C=CSc1c[c-]c(C=N/C=N\c2cc3c(ccc4sc(CC(C)C)c(C)c43)o2)cc1C(C)(C)C.CCC(C)(CC)C(=O)/C=C(\O)C(C)(CC)CC.[Ir]. The number of aryl methyl sites for hydroxylation is 1. The quantitative estimate of drug-likeness (QED) is 0.0341. The van der Waals surface area contributed by atoms with Crippen molar-refractivity contribution in [3.05, 3.63) is 81.8 Å². The van der Waals surface area contributed by atoms with E-state index in [1.54, 1.807) is 18.0 Å². The Balaban J connectivity index is 0.000000444. The molecule has 285 valence electrons. The Morgan fingerprint density at radius 2 is 1.67 bits per heavy atom. The first-order valence-corrected chi connectivity index (χ1v) is 20.0. The van der Waals surface area contributed by atoms with Crippen molar-refractivity contribution in [2.24, 2.45) is 26.7 Å². The Labute approximate surface area is 334 Å². The summed E-state index contributed by atoms with van der Waals surface area (Å²) in [4.78, 5) is 23.6. The molecule has 0 aliphatic rings. The van der Waals surface area contributed by atoms with Crippen molar-refractivity contribution in [2.45, 2.75) is 125 Å². The number of allylic oxidation sites excluding steroid dienone is 2. The summed E-state index contributed by atoms with van der Waals surface area (Å²) >= 11 is 3.51. The number of aliphatic imine (C=N–C) groups is 2. The Bertz CT molecular complexity index is 1900. The number of hydrogen-bond acceptors (Lipinski definition) is 6. The van der Waals surface area contributed by atoms with E-state index < -0.39 is 0 Å². The molecule has 0 atom stereocenters. The molecule has 4 aromatic rings. The number of carbonyl (C=O) groups is 1. The van der Waals surface area contributed by atoms with Crippen LogP contribution < -0.4 is 0 Å². The van der Waals surface area contributed by atoms with E-state index in [9.17, 15) is 9.90 Å². The molecule has 4 rings (SSSR count). The summed E-state index contributed by atoms with van der Waals surface area (Å²) in [6.45, 7) is 29.3. The number of thioether (sulfide) groups is 1. The molecule has 0 amide bonds. The molecule has 0 saturated heterocycles. The second kappa shape index (κ2) is 19.5. The second-order valence-electron chi connectivity index (χ2n) is 15.3. The molecule has 2 heterocycles. The molecule has 0 saturated carbocycles. The number of ketones is 1. The number of hydrogen-bond donors (Lipinski definition) is 1. The van der Waals surface area contributed by atoms with Crippen LogP contribution in [0.5, 0.6) is 0 Å². The van der Waals surface area contributed by atoms with Gasteiger partial charge in [0, 0.05) is 63.4 Å². The van der Waals surface area contributed by atoms with Gasteiger partial charge in [-0.1, -0.05) is 87.6 Å². The topological polar surface area (TPSA) is 75.2 Å². The fraction of sp³-hybridized carbons (Fsp3) is 0.477. The summed E-state index contributed by atoms with van der Waals surface area (Å²) in [6, 6.07) is 13.7. The molecule has 1 N–H and O–H groups in total. The van der Waals surface area contributed by atoms with Crippen molar-refractivity contribution in [3.63, 3.8) is 0 Å². The molecule has 0 bridgehead atoms. The van der Waals surface area contributed by atoms with Gasteiger partial charge in [0.1, 0.15) is 17.7 Å². The van der Waals surface area contributed by atoms with Gasteiger partial charge in [0.05, 0.1) is 0 Å². The van der Waals surface area contributed by atoms with Crippen LogP contribution in [-0.4, -0.2) is 23.4 Å². The summed E-state index contributed by atoms with van der Waals surface area (Å²) in [7, 11) is 0. The van der Waals surface area contributed by atoms with Crippen molar-refractivity contribution in [2.75, 3.05) is 0 Å². The molecule has 0 aliphatic heterocycles. The largest absolute Gasteiger partial charge is 0.512 e. The molecule has 0 unspecified atom stereocenters. The summed E-state index contributed by atoms with van der Waals surface area (Å²) in [5.41, 5.74) is 3.80. The molecule has 52 heavy (non-hydrogen) atoms. The van der Waals surface area contributed by atoms with E-state index in [1.807, 2.05) is 76.5 Å². The normalized spacial score (nSPS) is 12.9. The number of fused-ring (bicyclic) bond motifs is 3. The number of thiophene rings is 1. The predicted octanol–water partition coefficient (Wildman–Crippen LogP) is 13.9. The summed E-state index contributed by atoms with van der Waals surface area (Å²) in [6.07, 6.45) is 9.18. The van der Waals surface area contributed by atoms with Crippen LogP contribution >= 0.6 is 23.1 Å². The van der Waals surface area contributed by atoms with E-state index in [0.29, 0.717) is 11.8 Å². The van der Waals surface area contributed by atoms with Crippen molar-refractivity contribution in [3.8, 4) is 0 Å². The summed E-state index contributed by atoms with van der Waals surface area (Å²) in [5.74, 6) is 1.49. The third-order valence-electron chi connectivity index (χ3n) is 10.3. The fourth-order valence-corrected chi connectivity index (χ4v) is 8.00. The number of furan rings is 1. The maximum absolute atomic E-state index is 12.2. The zero-order valence-electron chi connectivity index (χ0n) is 33.3. The summed E-state index contributed by atoms with van der Waals surface area (Å²) in [5, 5.41) is 14.4. The van der Waals surface area contributed by atoms with Crippen LogP contribution in [0.4, 0.5) is 5.88 Å². The maximum Gasteiger partial charge on any atom is 0.221 e. The van der Waals surface area contributed by atoms with Crippen LogP contribution in [0.25, 0.3) is 21.1 Å². The van der Waals surface area contributed by atoms with Crippen LogP contribution in [0.3, 0.4) is 0 Å². The molecule has 2 aromatic heterocycles. The average molecular weight is 920 g/mol. The Kier molecular flexibility index (Phi) is 17.0. The minimum atomic E-state index is -0.337. The Hall–Kier alpha value is -2.77. The van der Waals surface area contributed by atoms with Crippen LogP contribution in [0.2, 0.25) is 0 Å². The smallest absolute Gasteiger partial charge is 0.221 e. The van der Waals surface area contributed by atoms with Gasteiger partial charge in [-0.2, -0.15) is 11.8 Å². The zero-order valence-corrected chi connectivity index (χ0v) is 37.4. The minimum absolute atomic E-state index is 0. The maximum atomic E-state index is 12.2. The van der Waals surface area contributed by atoms with E-state index in [2.05, 4.69) is 76.3 Å². The van der Waals surface area contributed by atoms with E-state index in [0.717, 1.165) is 48.6 Å². The number of rotatable bonds is 14. The van der Waals surface area contributed by atoms with E-state index >= 15 is 0 Å². The van der Waals surface area contributed by atoms with Gasteiger partial charge in [-0.15, -0.1) is 40.7 Å². The molecular weight excluding hydrogens is 861 g/mol. The van der Waals surface area contributed by atoms with Crippen molar-refractivity contribution in [1.82, 2.24) is 0 Å². The standard InChI is InChI=1S/C29H31N2OS2.C15H28O2.Ir/c1-8-33-24-11-9-20(14-22(24)29(5,6)7)16-30-17-31-27-15-21-23(32-27)10-12-25-28(21)19(4)26(34-25)13-18(2)3;1-7-14(5,8-2)12(16)11-13(17)15(6,9-3)10-4;/h8,10-12,14-18H,1,13H2,2-7H3;11,16H,7-10H2,1-6H3;/q-1;;/b30-16?,31-17-;12-11-;. The van der Waals surface area contributed by atoms with Crippen LogP contribution in [0.15, 0.2) is 73.5 Å². The van der Waals surface area contributed by atoms with Gasteiger partial charge in [-0.3, -0.25) is 9.79 Å².